The zero-order chi connectivity index (χ0) is 11.3. The van der Waals surface area contributed by atoms with Crippen LogP contribution in [0.2, 0.25) is 0 Å². The fourth-order valence-corrected chi connectivity index (χ4v) is 1.10. The lowest BCUT2D eigenvalue weighted by Gasteiger charge is -2.07. The number of nitrogen functional groups attached to an aromatic ring is 1. The van der Waals surface area contributed by atoms with Crippen LogP contribution in [0.25, 0.3) is 0 Å². The van der Waals surface area contributed by atoms with E-state index in [1.165, 1.54) is 6.92 Å². The van der Waals surface area contributed by atoms with E-state index in [0.29, 0.717) is 18.8 Å². The van der Waals surface area contributed by atoms with Crippen LogP contribution in [0.15, 0.2) is 12.1 Å². The van der Waals surface area contributed by atoms with Crippen molar-refractivity contribution in [1.82, 2.24) is 10.3 Å². The Labute approximate surface area is 89.1 Å². The summed E-state index contributed by atoms with van der Waals surface area (Å²) in [6.45, 7) is 4.58. The van der Waals surface area contributed by atoms with Gasteiger partial charge in [0.25, 0.3) is 0 Å². The fourth-order valence-electron chi connectivity index (χ4n) is 1.10. The first-order valence-electron chi connectivity index (χ1n) is 4.81. The van der Waals surface area contributed by atoms with Crippen LogP contribution in [0.5, 0.6) is 0 Å². The van der Waals surface area contributed by atoms with Crippen LogP contribution in [-0.4, -0.2) is 24.0 Å². The van der Waals surface area contributed by atoms with E-state index in [9.17, 15) is 4.79 Å². The minimum atomic E-state index is -0.0294. The molecule has 1 rings (SSSR count). The van der Waals surface area contributed by atoms with Crippen LogP contribution in [0.3, 0.4) is 0 Å². The third kappa shape index (κ3) is 3.84. The van der Waals surface area contributed by atoms with Crippen molar-refractivity contribution in [1.29, 1.82) is 0 Å². The molecule has 0 radical (unpaired) electrons. The molecule has 0 aromatic carbocycles. The molecule has 4 N–H and O–H groups in total. The second-order valence-corrected chi connectivity index (χ2v) is 3.28. The van der Waals surface area contributed by atoms with Gasteiger partial charge in [-0.3, -0.25) is 4.79 Å². The highest BCUT2D eigenvalue weighted by Gasteiger charge is 1.97. The van der Waals surface area contributed by atoms with E-state index in [2.05, 4.69) is 15.6 Å². The zero-order valence-electron chi connectivity index (χ0n) is 9.00. The highest BCUT2D eigenvalue weighted by Crippen LogP contribution is 2.10. The average molecular weight is 208 g/mol. The van der Waals surface area contributed by atoms with Crippen LogP contribution >= 0.6 is 0 Å². The average Bonchev–Trinajstić information content (AvgIpc) is 2.18. The molecule has 15 heavy (non-hydrogen) atoms. The quantitative estimate of drug-likeness (QED) is 0.630. The number of aromatic nitrogens is 1. The maximum absolute atomic E-state index is 10.6. The lowest BCUT2D eigenvalue weighted by Crippen LogP contribution is -2.26. The van der Waals surface area contributed by atoms with Gasteiger partial charge in [0.2, 0.25) is 5.91 Å². The Balaban J connectivity index is 2.38. The van der Waals surface area contributed by atoms with Gasteiger partial charge in [-0.15, -0.1) is 0 Å². The lowest BCUT2D eigenvalue weighted by atomic mass is 10.3. The van der Waals surface area contributed by atoms with Crippen molar-refractivity contribution in [2.75, 3.05) is 24.1 Å². The molecule has 5 heteroatoms. The number of hydrogen-bond donors (Lipinski definition) is 3. The first-order chi connectivity index (χ1) is 7.09. The number of amides is 1. The number of rotatable bonds is 4. The molecule has 0 aliphatic rings. The van der Waals surface area contributed by atoms with E-state index in [-0.39, 0.29) is 5.91 Å². The fraction of sp³-hybridized carbons (Fsp3) is 0.400. The maximum Gasteiger partial charge on any atom is 0.216 e. The Hall–Kier alpha value is -1.78. The van der Waals surface area contributed by atoms with Crippen molar-refractivity contribution in [3.05, 3.63) is 17.8 Å². The van der Waals surface area contributed by atoms with Gasteiger partial charge in [0.1, 0.15) is 5.82 Å². The first-order valence-corrected chi connectivity index (χ1v) is 4.81. The summed E-state index contributed by atoms with van der Waals surface area (Å²) in [5.74, 6) is 0.741. The van der Waals surface area contributed by atoms with Crippen molar-refractivity contribution >= 4 is 17.4 Å². The van der Waals surface area contributed by atoms with E-state index in [0.717, 1.165) is 11.5 Å². The highest BCUT2D eigenvalue weighted by atomic mass is 16.1. The molecule has 1 amide bonds. The number of nitrogens with two attached hydrogens (primary N) is 1. The van der Waals surface area contributed by atoms with E-state index in [1.807, 2.05) is 19.1 Å². The number of nitrogens with one attached hydrogen (secondary N) is 2. The monoisotopic (exact) mass is 208 g/mol. The molecule has 0 aliphatic heterocycles. The molecule has 0 spiro atoms. The summed E-state index contributed by atoms with van der Waals surface area (Å²) in [5, 5.41) is 5.77. The Kier molecular flexibility index (Phi) is 3.91. The summed E-state index contributed by atoms with van der Waals surface area (Å²) in [6.07, 6.45) is 0. The topological polar surface area (TPSA) is 80.0 Å². The van der Waals surface area contributed by atoms with Gasteiger partial charge < -0.3 is 16.4 Å². The molecule has 1 aromatic heterocycles. The molecular weight excluding hydrogens is 192 g/mol. The van der Waals surface area contributed by atoms with Gasteiger partial charge in [-0.25, -0.2) is 4.98 Å². The van der Waals surface area contributed by atoms with Crippen LogP contribution in [0.4, 0.5) is 11.5 Å². The Morgan fingerprint density at radius 1 is 1.47 bits per heavy atom. The number of carbonyl (C=O) groups excluding carboxylic acids is 1. The second kappa shape index (κ2) is 5.19. The summed E-state index contributed by atoms with van der Waals surface area (Å²) in [7, 11) is 0. The van der Waals surface area contributed by atoms with Crippen LogP contribution in [0, 0.1) is 6.92 Å². The predicted molar refractivity (Wildman–Crippen MR) is 60.6 cm³/mol. The number of nitrogens with zero attached hydrogens (tertiary/aromatic N) is 1. The molecule has 1 aromatic rings. The third-order valence-corrected chi connectivity index (χ3v) is 1.93. The number of aryl methyl sites for hydroxylation is 1. The smallest absolute Gasteiger partial charge is 0.216 e. The molecule has 0 saturated carbocycles. The third-order valence-electron chi connectivity index (χ3n) is 1.93. The van der Waals surface area contributed by atoms with Gasteiger partial charge in [0.05, 0.1) is 11.4 Å². The van der Waals surface area contributed by atoms with Gasteiger partial charge >= 0.3 is 0 Å². The van der Waals surface area contributed by atoms with Crippen LogP contribution in [-0.2, 0) is 4.79 Å². The Morgan fingerprint density at radius 3 is 2.80 bits per heavy atom. The van der Waals surface area contributed by atoms with Crippen molar-refractivity contribution in [3.8, 4) is 0 Å². The highest BCUT2D eigenvalue weighted by molar-refractivity contribution is 5.72. The lowest BCUT2D eigenvalue weighted by molar-refractivity contribution is -0.118. The molecule has 0 unspecified atom stereocenters. The Morgan fingerprint density at radius 2 is 2.20 bits per heavy atom. The van der Waals surface area contributed by atoms with Crippen molar-refractivity contribution in [3.63, 3.8) is 0 Å². The SMILES string of the molecule is CC(=O)NCCNc1ccc(N)c(C)n1. The number of pyridine rings is 1. The second-order valence-electron chi connectivity index (χ2n) is 3.28. The largest absolute Gasteiger partial charge is 0.397 e. The molecule has 0 fully saturated rings. The molecule has 0 atom stereocenters. The first kappa shape index (κ1) is 11.3. The van der Waals surface area contributed by atoms with E-state index in [4.69, 9.17) is 5.73 Å². The van der Waals surface area contributed by atoms with E-state index in [1.54, 1.807) is 0 Å². The van der Waals surface area contributed by atoms with Gasteiger partial charge in [0, 0.05) is 20.0 Å². The Bertz CT molecular complexity index is 351. The molecule has 1 heterocycles. The normalized spacial score (nSPS) is 9.73. The minimum Gasteiger partial charge on any atom is -0.397 e. The predicted octanol–water partition coefficient (Wildman–Crippen LogP) is 0.520. The van der Waals surface area contributed by atoms with E-state index < -0.39 is 0 Å². The van der Waals surface area contributed by atoms with Gasteiger partial charge in [-0.1, -0.05) is 0 Å². The number of anilines is 2. The van der Waals surface area contributed by atoms with Gasteiger partial charge in [-0.05, 0) is 19.1 Å². The molecular formula is C10H16N4O. The molecule has 0 saturated heterocycles. The molecule has 0 aliphatic carbocycles. The summed E-state index contributed by atoms with van der Waals surface area (Å²) in [6, 6.07) is 3.62. The summed E-state index contributed by atoms with van der Waals surface area (Å²) in [5.41, 5.74) is 7.12. The maximum atomic E-state index is 10.6. The summed E-state index contributed by atoms with van der Waals surface area (Å²) >= 11 is 0. The zero-order valence-corrected chi connectivity index (χ0v) is 9.00. The summed E-state index contributed by atoms with van der Waals surface area (Å²) < 4.78 is 0. The number of carbonyl (C=O) groups is 1. The van der Waals surface area contributed by atoms with Crippen molar-refractivity contribution < 1.29 is 4.79 Å². The van der Waals surface area contributed by atoms with Crippen molar-refractivity contribution in [2.24, 2.45) is 0 Å². The molecule has 82 valence electrons. The number of hydrogen-bond acceptors (Lipinski definition) is 4. The van der Waals surface area contributed by atoms with Crippen molar-refractivity contribution in [2.45, 2.75) is 13.8 Å². The van der Waals surface area contributed by atoms with Crippen LogP contribution in [0.1, 0.15) is 12.6 Å². The van der Waals surface area contributed by atoms with E-state index >= 15 is 0 Å². The van der Waals surface area contributed by atoms with Gasteiger partial charge in [0.15, 0.2) is 0 Å². The molecule has 0 bridgehead atoms. The summed E-state index contributed by atoms with van der Waals surface area (Å²) in [4.78, 5) is 14.8. The molecule has 5 nitrogen and oxygen atoms in total. The minimum absolute atomic E-state index is 0.0294. The standard InChI is InChI=1S/C10H16N4O/c1-7-9(11)3-4-10(14-7)13-6-5-12-8(2)15/h3-4H,5-6,11H2,1-2H3,(H,12,15)(H,13,14). The van der Waals surface area contributed by atoms with Crippen LogP contribution < -0.4 is 16.4 Å². The van der Waals surface area contributed by atoms with Gasteiger partial charge in [-0.2, -0.15) is 0 Å².